The summed E-state index contributed by atoms with van der Waals surface area (Å²) in [5.74, 6) is 1.56. The third-order valence-corrected chi connectivity index (χ3v) is 7.56. The Morgan fingerprint density at radius 1 is 1.19 bits per heavy atom. The van der Waals surface area contributed by atoms with Gasteiger partial charge in [0.2, 0.25) is 5.91 Å². The van der Waals surface area contributed by atoms with Gasteiger partial charge in [-0.3, -0.25) is 4.79 Å². The van der Waals surface area contributed by atoms with E-state index in [0.717, 1.165) is 43.7 Å². The maximum Gasteiger partial charge on any atom is 0.223 e. The molecule has 5 N–H and O–H groups in total. The number of amides is 1. The first-order chi connectivity index (χ1) is 17.1. The molecule has 0 bridgehead atoms. The lowest BCUT2D eigenvalue weighted by Gasteiger charge is -2.30. The quantitative estimate of drug-likeness (QED) is 0.257. The van der Waals surface area contributed by atoms with Gasteiger partial charge < -0.3 is 30.9 Å². The van der Waals surface area contributed by atoms with Crippen LogP contribution >= 0.6 is 0 Å². The second kappa shape index (κ2) is 15.6. The van der Waals surface area contributed by atoms with Crippen molar-refractivity contribution in [3.63, 3.8) is 0 Å². The molecule has 2 rings (SSSR count). The number of hydrogen-bond acceptors (Lipinski definition) is 6. The number of nitrogens with one attached hydrogen (secondary N) is 2. The van der Waals surface area contributed by atoms with Gasteiger partial charge in [-0.05, 0) is 74.1 Å². The van der Waals surface area contributed by atoms with Gasteiger partial charge in [0.25, 0.3) is 0 Å². The third kappa shape index (κ3) is 10.0. The van der Waals surface area contributed by atoms with E-state index in [1.807, 2.05) is 13.8 Å². The maximum absolute atomic E-state index is 12.9. The van der Waals surface area contributed by atoms with E-state index >= 15 is 0 Å². The van der Waals surface area contributed by atoms with Crippen LogP contribution in [-0.2, 0) is 16.0 Å². The highest BCUT2D eigenvalue weighted by atomic mass is 16.5. The molecule has 1 fully saturated rings. The minimum absolute atomic E-state index is 0.0306. The van der Waals surface area contributed by atoms with Gasteiger partial charge in [-0.25, -0.2) is 0 Å². The van der Waals surface area contributed by atoms with Crippen molar-refractivity contribution in [3.8, 4) is 5.75 Å². The van der Waals surface area contributed by atoms with Crippen molar-refractivity contribution in [1.82, 2.24) is 10.6 Å². The van der Waals surface area contributed by atoms with E-state index in [2.05, 4.69) is 49.6 Å². The number of benzene rings is 1. The largest absolute Gasteiger partial charge is 0.493 e. The molecule has 7 nitrogen and oxygen atoms in total. The summed E-state index contributed by atoms with van der Waals surface area (Å²) in [5, 5.41) is 17.5. The van der Waals surface area contributed by atoms with Crippen molar-refractivity contribution in [2.45, 2.75) is 84.9 Å². The molecule has 1 heterocycles. The molecular formula is C29H51N3O4. The second-order valence-corrected chi connectivity index (χ2v) is 11.3. The van der Waals surface area contributed by atoms with Crippen LogP contribution in [0.3, 0.4) is 0 Å². The first-order valence-corrected chi connectivity index (χ1v) is 13.8. The Bertz CT molecular complexity index is 780. The van der Waals surface area contributed by atoms with Gasteiger partial charge in [0.1, 0.15) is 5.75 Å². The summed E-state index contributed by atoms with van der Waals surface area (Å²) in [5.41, 5.74) is 8.88. The van der Waals surface area contributed by atoms with E-state index in [1.54, 1.807) is 7.11 Å². The van der Waals surface area contributed by atoms with Gasteiger partial charge in [0, 0.05) is 44.7 Å². The minimum atomic E-state index is -0.719. The number of aliphatic hydroxyl groups excluding tert-OH is 1. The first kappa shape index (κ1) is 30.6. The average molecular weight is 506 g/mol. The molecule has 7 heteroatoms. The zero-order valence-electron chi connectivity index (χ0n) is 23.4. The van der Waals surface area contributed by atoms with E-state index < -0.39 is 6.10 Å². The highest BCUT2D eigenvalue weighted by Crippen LogP contribution is 2.28. The number of carbonyl (C=O) groups excluding carboxylic acids is 1. The number of rotatable bonds is 16. The maximum atomic E-state index is 12.9. The molecule has 1 amide bonds. The fourth-order valence-corrected chi connectivity index (χ4v) is 4.92. The molecule has 1 saturated heterocycles. The van der Waals surface area contributed by atoms with Crippen molar-refractivity contribution in [1.29, 1.82) is 0 Å². The van der Waals surface area contributed by atoms with Gasteiger partial charge in [-0.2, -0.15) is 0 Å². The summed E-state index contributed by atoms with van der Waals surface area (Å²) in [4.78, 5) is 12.9. The van der Waals surface area contributed by atoms with Gasteiger partial charge in [-0.1, -0.05) is 39.8 Å². The van der Waals surface area contributed by atoms with Crippen LogP contribution in [0, 0.1) is 30.6 Å². The summed E-state index contributed by atoms with van der Waals surface area (Å²) in [6, 6.07) is 6.20. The number of nitrogens with two attached hydrogens (primary N) is 1. The molecule has 1 aromatic rings. The van der Waals surface area contributed by atoms with Crippen LogP contribution in [0.4, 0.5) is 0 Å². The van der Waals surface area contributed by atoms with Crippen molar-refractivity contribution in [2.24, 2.45) is 29.4 Å². The minimum Gasteiger partial charge on any atom is -0.493 e. The van der Waals surface area contributed by atoms with Crippen LogP contribution in [0.2, 0.25) is 0 Å². The molecule has 0 aliphatic carbocycles. The molecule has 206 valence electrons. The van der Waals surface area contributed by atoms with Gasteiger partial charge in [0.05, 0.1) is 12.7 Å². The van der Waals surface area contributed by atoms with Gasteiger partial charge >= 0.3 is 0 Å². The molecule has 1 aromatic carbocycles. The highest BCUT2D eigenvalue weighted by molar-refractivity contribution is 5.79. The summed E-state index contributed by atoms with van der Waals surface area (Å²) < 4.78 is 11.1. The molecule has 0 unspecified atom stereocenters. The van der Waals surface area contributed by atoms with Crippen LogP contribution in [0.5, 0.6) is 5.75 Å². The lowest BCUT2D eigenvalue weighted by atomic mass is 9.80. The fourth-order valence-electron chi connectivity index (χ4n) is 4.92. The number of carbonyl (C=O) groups is 1. The summed E-state index contributed by atoms with van der Waals surface area (Å²) in [7, 11) is 1.70. The Labute approximate surface area is 218 Å². The van der Waals surface area contributed by atoms with E-state index in [4.69, 9.17) is 15.2 Å². The third-order valence-electron chi connectivity index (χ3n) is 7.56. The standard InChI is InChI=1S/C29H51N3O4/c1-19(2)23(14-22-9-8-21(5)28(15-22)36-13-7-12-35-6)16-26(30)27(33)17-25(20(3)4)29(34)32-24-10-11-31-18-24/h8-9,15,19-20,23-27,31,33H,7,10-14,16-18,30H2,1-6H3,(H,32,34)/t23-,24+,25-,26-,27-/m0/s1. The summed E-state index contributed by atoms with van der Waals surface area (Å²) >= 11 is 0. The fraction of sp³-hybridized carbons (Fsp3) is 0.759. The number of aryl methyl sites for hydroxylation is 1. The Kier molecular flexibility index (Phi) is 13.2. The molecule has 36 heavy (non-hydrogen) atoms. The molecule has 1 aliphatic rings. The molecule has 0 radical (unpaired) electrons. The summed E-state index contributed by atoms with van der Waals surface area (Å²) in [6.45, 7) is 13.6. The van der Waals surface area contributed by atoms with Crippen molar-refractivity contribution < 1.29 is 19.4 Å². The molecule has 0 saturated carbocycles. The van der Waals surface area contributed by atoms with Crippen LogP contribution in [-0.4, -0.2) is 62.6 Å². The topological polar surface area (TPSA) is 106 Å². The smallest absolute Gasteiger partial charge is 0.223 e. The molecular weight excluding hydrogens is 454 g/mol. The van der Waals surface area contributed by atoms with E-state index in [0.29, 0.717) is 37.9 Å². The van der Waals surface area contributed by atoms with E-state index in [-0.39, 0.29) is 29.8 Å². The van der Waals surface area contributed by atoms with Gasteiger partial charge in [-0.15, -0.1) is 0 Å². The van der Waals surface area contributed by atoms with Crippen LogP contribution in [0.1, 0.15) is 64.5 Å². The Balaban J connectivity index is 1.97. The van der Waals surface area contributed by atoms with Crippen molar-refractivity contribution in [2.75, 3.05) is 33.4 Å². The molecule has 1 aliphatic heterocycles. The number of methoxy groups -OCH3 is 1. The normalized spacial score (nSPS) is 19.3. The van der Waals surface area contributed by atoms with Gasteiger partial charge in [0.15, 0.2) is 0 Å². The highest BCUT2D eigenvalue weighted by Gasteiger charge is 2.31. The number of hydrogen-bond donors (Lipinski definition) is 4. The van der Waals surface area contributed by atoms with Crippen LogP contribution in [0.25, 0.3) is 0 Å². The van der Waals surface area contributed by atoms with Crippen molar-refractivity contribution in [3.05, 3.63) is 29.3 Å². The molecule has 0 aromatic heterocycles. The predicted molar refractivity (Wildman–Crippen MR) is 146 cm³/mol. The second-order valence-electron chi connectivity index (χ2n) is 11.3. The number of ether oxygens (including phenoxy) is 2. The average Bonchev–Trinajstić information content (AvgIpc) is 3.33. The monoisotopic (exact) mass is 505 g/mol. The zero-order valence-corrected chi connectivity index (χ0v) is 23.4. The zero-order chi connectivity index (χ0) is 26.7. The Morgan fingerprint density at radius 3 is 2.56 bits per heavy atom. The van der Waals surface area contributed by atoms with E-state index in [9.17, 15) is 9.90 Å². The predicted octanol–water partition coefficient (Wildman–Crippen LogP) is 3.44. The lowest BCUT2D eigenvalue weighted by molar-refractivity contribution is -0.128. The van der Waals surface area contributed by atoms with Crippen LogP contribution in [0.15, 0.2) is 18.2 Å². The van der Waals surface area contributed by atoms with Crippen LogP contribution < -0.4 is 21.1 Å². The molecule has 0 spiro atoms. The SMILES string of the molecule is COCCCOc1cc(C[C@@H](C[C@H](N)[C@@H](O)C[C@H](C(=O)N[C@@H]2CCNC2)C(C)C)C(C)C)ccc1C. The number of aliphatic hydroxyl groups is 1. The molecule has 5 atom stereocenters. The van der Waals surface area contributed by atoms with Crippen molar-refractivity contribution >= 4 is 5.91 Å². The summed E-state index contributed by atoms with van der Waals surface area (Å²) in [6.07, 6.45) is 3.05. The Morgan fingerprint density at radius 2 is 1.94 bits per heavy atom. The Hall–Kier alpha value is -1.67. The van der Waals surface area contributed by atoms with E-state index in [1.165, 1.54) is 5.56 Å². The lowest BCUT2D eigenvalue weighted by Crippen LogP contribution is -2.45. The first-order valence-electron chi connectivity index (χ1n) is 13.8.